The van der Waals surface area contributed by atoms with Crippen LogP contribution in [0.3, 0.4) is 0 Å². The Morgan fingerprint density at radius 2 is 2.44 bits per heavy atom. The van der Waals surface area contributed by atoms with Crippen LogP contribution in [0.1, 0.15) is 19.1 Å². The first-order valence-corrected chi connectivity index (χ1v) is 7.16. The van der Waals surface area contributed by atoms with Gasteiger partial charge in [-0.25, -0.2) is 0 Å². The molecule has 2 rings (SSSR count). The molecule has 0 bridgehead atoms. The number of hydrogen-bond donors (Lipinski definition) is 1. The summed E-state index contributed by atoms with van der Waals surface area (Å²) in [6.07, 6.45) is 0.692. The Morgan fingerprint density at radius 1 is 1.67 bits per heavy atom. The summed E-state index contributed by atoms with van der Waals surface area (Å²) >= 11 is 0. The molecular weight excluding hydrogens is 256 g/mol. The summed E-state index contributed by atoms with van der Waals surface area (Å²) in [7, 11) is -1.22. The van der Waals surface area contributed by atoms with E-state index in [1.165, 1.54) is 0 Å². The van der Waals surface area contributed by atoms with Gasteiger partial charge in [0.25, 0.3) is 0 Å². The first-order chi connectivity index (χ1) is 8.56. The Hall–Kier alpha value is -1.21. The largest absolute Gasteiger partial charge is 0.377 e. The third-order valence-electron chi connectivity index (χ3n) is 2.81. The molecule has 1 aromatic heterocycles. The molecule has 7 heteroatoms. The highest BCUT2D eigenvalue weighted by molar-refractivity contribution is 7.86. The predicted molar refractivity (Wildman–Crippen MR) is 66.7 cm³/mol. The Kier molecular flexibility index (Phi) is 4.13. The fraction of sp³-hybridized carbons (Fsp3) is 0.636. The second kappa shape index (κ2) is 5.62. The molecule has 1 aromatic rings. The first-order valence-electron chi connectivity index (χ1n) is 5.78. The predicted octanol–water partition coefficient (Wildman–Crippen LogP) is 0.848. The summed E-state index contributed by atoms with van der Waals surface area (Å²) in [6.45, 7) is 4.23. The number of amides is 1. The van der Waals surface area contributed by atoms with E-state index in [0.29, 0.717) is 18.2 Å². The second-order valence-electron chi connectivity index (χ2n) is 4.30. The van der Waals surface area contributed by atoms with E-state index in [9.17, 15) is 9.00 Å². The summed E-state index contributed by atoms with van der Waals surface area (Å²) in [5.74, 6) is 0.611. The molecule has 0 spiro atoms. The van der Waals surface area contributed by atoms with Crippen molar-refractivity contribution in [1.82, 2.24) is 5.16 Å². The molecule has 0 aliphatic carbocycles. The summed E-state index contributed by atoms with van der Waals surface area (Å²) in [5.41, 5.74) is 0. The van der Waals surface area contributed by atoms with Gasteiger partial charge in [0, 0.05) is 23.5 Å². The van der Waals surface area contributed by atoms with Crippen molar-refractivity contribution in [3.8, 4) is 0 Å². The van der Waals surface area contributed by atoms with E-state index >= 15 is 0 Å². The molecule has 1 aliphatic heterocycles. The average Bonchev–Trinajstić information content (AvgIpc) is 2.87. The van der Waals surface area contributed by atoms with Crippen LogP contribution in [0, 0.1) is 6.92 Å². The molecule has 1 aliphatic rings. The molecule has 1 saturated heterocycles. The third-order valence-corrected chi connectivity index (χ3v) is 4.65. The highest BCUT2D eigenvalue weighted by Crippen LogP contribution is 2.19. The van der Waals surface area contributed by atoms with Gasteiger partial charge in [0.2, 0.25) is 5.91 Å². The molecule has 0 radical (unpaired) electrons. The van der Waals surface area contributed by atoms with Gasteiger partial charge in [-0.05, 0) is 20.3 Å². The van der Waals surface area contributed by atoms with Crippen molar-refractivity contribution in [3.63, 3.8) is 0 Å². The molecule has 6 nitrogen and oxygen atoms in total. The van der Waals surface area contributed by atoms with E-state index < -0.39 is 10.8 Å². The molecule has 1 N–H and O–H groups in total. The Labute approximate surface area is 108 Å². The molecule has 100 valence electrons. The Bertz CT molecular complexity index is 460. The molecule has 3 atom stereocenters. The highest BCUT2D eigenvalue weighted by atomic mass is 32.2. The number of aromatic nitrogens is 1. The smallest absolute Gasteiger partial charge is 0.238 e. The van der Waals surface area contributed by atoms with E-state index in [1.807, 2.05) is 6.92 Å². The summed E-state index contributed by atoms with van der Waals surface area (Å²) in [6, 6.07) is 1.61. The van der Waals surface area contributed by atoms with Crippen molar-refractivity contribution in [2.75, 3.05) is 17.7 Å². The zero-order valence-corrected chi connectivity index (χ0v) is 11.2. The van der Waals surface area contributed by atoms with Crippen LogP contribution >= 0.6 is 0 Å². The molecule has 1 amide bonds. The van der Waals surface area contributed by atoms with Crippen LogP contribution in [0.2, 0.25) is 0 Å². The van der Waals surface area contributed by atoms with E-state index in [2.05, 4.69) is 10.5 Å². The molecule has 2 heterocycles. The number of nitrogens with zero attached hydrogens (tertiary/aromatic N) is 1. The van der Waals surface area contributed by atoms with E-state index in [1.54, 1.807) is 13.0 Å². The minimum atomic E-state index is -1.22. The minimum Gasteiger partial charge on any atom is -0.377 e. The van der Waals surface area contributed by atoms with Gasteiger partial charge in [-0.3, -0.25) is 9.00 Å². The lowest BCUT2D eigenvalue weighted by Crippen LogP contribution is -2.30. The maximum absolute atomic E-state index is 12.0. The van der Waals surface area contributed by atoms with Crippen LogP contribution in [0.5, 0.6) is 0 Å². The second-order valence-corrected chi connectivity index (χ2v) is 5.95. The number of aryl methyl sites for hydroxylation is 1. The average molecular weight is 272 g/mol. The first kappa shape index (κ1) is 13.2. The van der Waals surface area contributed by atoms with Crippen LogP contribution < -0.4 is 5.32 Å². The maximum atomic E-state index is 12.0. The van der Waals surface area contributed by atoms with Gasteiger partial charge in [-0.1, -0.05) is 5.16 Å². The zero-order chi connectivity index (χ0) is 13.1. The van der Waals surface area contributed by atoms with Crippen LogP contribution in [0.25, 0.3) is 0 Å². The summed E-state index contributed by atoms with van der Waals surface area (Å²) < 4.78 is 22.2. The topological polar surface area (TPSA) is 81.4 Å². The van der Waals surface area contributed by atoms with Gasteiger partial charge in [-0.2, -0.15) is 0 Å². The highest BCUT2D eigenvalue weighted by Gasteiger charge is 2.30. The van der Waals surface area contributed by atoms with Gasteiger partial charge in [0.15, 0.2) is 5.82 Å². The van der Waals surface area contributed by atoms with Crippen molar-refractivity contribution < 1.29 is 18.3 Å². The van der Waals surface area contributed by atoms with Crippen LogP contribution in [-0.2, 0) is 20.3 Å². The molecular formula is C11H16N2O4S. The number of carbonyl (C=O) groups is 1. The molecule has 1 fully saturated rings. The van der Waals surface area contributed by atoms with Crippen LogP contribution in [0.4, 0.5) is 5.82 Å². The van der Waals surface area contributed by atoms with Crippen molar-refractivity contribution in [1.29, 1.82) is 0 Å². The normalized spacial score (nSPS) is 25.0. The fourth-order valence-corrected chi connectivity index (χ4v) is 3.31. The van der Waals surface area contributed by atoms with Crippen molar-refractivity contribution in [2.45, 2.75) is 31.6 Å². The number of hydrogen-bond acceptors (Lipinski definition) is 5. The number of carbonyl (C=O) groups excluding carboxylic acids is 1. The zero-order valence-electron chi connectivity index (χ0n) is 10.3. The fourth-order valence-electron chi connectivity index (χ4n) is 1.90. The Morgan fingerprint density at radius 3 is 3.00 bits per heavy atom. The number of nitrogens with one attached hydrogen (secondary N) is 1. The standard InChI is InChI=1S/C11H16N2O4S/c1-7-5-10(13-17-7)12-11(14)6-18(15)9-3-4-16-8(9)2/h5,8-9H,3-4,6H2,1-2H3,(H,12,13,14)/t8-,9-,18-/m1/s1. The van der Waals surface area contributed by atoms with Gasteiger partial charge in [-0.15, -0.1) is 0 Å². The summed E-state index contributed by atoms with van der Waals surface area (Å²) in [5, 5.41) is 6.14. The van der Waals surface area contributed by atoms with Crippen molar-refractivity contribution in [2.24, 2.45) is 0 Å². The van der Waals surface area contributed by atoms with Gasteiger partial charge >= 0.3 is 0 Å². The summed E-state index contributed by atoms with van der Waals surface area (Å²) in [4.78, 5) is 11.7. The number of rotatable bonds is 4. The Balaban J connectivity index is 1.85. The molecule has 0 unspecified atom stereocenters. The van der Waals surface area contributed by atoms with Crippen molar-refractivity contribution >= 4 is 22.5 Å². The van der Waals surface area contributed by atoms with E-state index in [4.69, 9.17) is 9.26 Å². The minimum absolute atomic E-state index is 0.0374. The molecule has 0 saturated carbocycles. The van der Waals surface area contributed by atoms with Crippen LogP contribution in [0.15, 0.2) is 10.6 Å². The molecule has 0 aromatic carbocycles. The quantitative estimate of drug-likeness (QED) is 0.878. The van der Waals surface area contributed by atoms with E-state index in [-0.39, 0.29) is 23.0 Å². The lowest BCUT2D eigenvalue weighted by Gasteiger charge is -2.12. The third kappa shape index (κ3) is 3.17. The number of ether oxygens (including phenoxy) is 1. The maximum Gasteiger partial charge on any atom is 0.238 e. The molecule has 18 heavy (non-hydrogen) atoms. The lowest BCUT2D eigenvalue weighted by atomic mass is 10.3. The van der Waals surface area contributed by atoms with Crippen molar-refractivity contribution in [3.05, 3.63) is 11.8 Å². The van der Waals surface area contributed by atoms with E-state index in [0.717, 1.165) is 6.42 Å². The van der Waals surface area contributed by atoms with Gasteiger partial charge < -0.3 is 14.6 Å². The monoisotopic (exact) mass is 272 g/mol. The lowest BCUT2D eigenvalue weighted by molar-refractivity contribution is -0.113. The van der Waals surface area contributed by atoms with Gasteiger partial charge in [0.1, 0.15) is 11.5 Å². The van der Waals surface area contributed by atoms with Crippen LogP contribution in [-0.4, -0.2) is 39.0 Å². The number of anilines is 1. The SMILES string of the molecule is Cc1cc(NC(=O)C[S@@](=O)[C@@H]2CCO[C@@H]2C)no1. The van der Waals surface area contributed by atoms with Gasteiger partial charge in [0.05, 0.1) is 11.4 Å².